The molecule has 120 valence electrons. The highest BCUT2D eigenvalue weighted by Gasteiger charge is 2.22. The summed E-state index contributed by atoms with van der Waals surface area (Å²) >= 11 is 0. The second-order valence-electron chi connectivity index (χ2n) is 5.61. The van der Waals surface area contributed by atoms with Crippen molar-refractivity contribution < 1.29 is 9.72 Å². The first-order chi connectivity index (χ1) is 10.9. The molecule has 2 aromatic carbocycles. The van der Waals surface area contributed by atoms with E-state index in [2.05, 4.69) is 19.2 Å². The normalized spacial score (nSPS) is 11.8. The van der Waals surface area contributed by atoms with Crippen molar-refractivity contribution >= 4 is 17.3 Å². The Morgan fingerprint density at radius 1 is 1.22 bits per heavy atom. The molecule has 5 heteroatoms. The third-order valence-corrected chi connectivity index (χ3v) is 4.01. The Bertz CT molecular complexity index is 724. The lowest BCUT2D eigenvalue weighted by Crippen LogP contribution is -2.14. The van der Waals surface area contributed by atoms with Gasteiger partial charge in [0.2, 0.25) is 0 Å². The van der Waals surface area contributed by atoms with E-state index >= 15 is 0 Å². The van der Waals surface area contributed by atoms with Crippen molar-refractivity contribution in [3.8, 4) is 0 Å². The first-order valence-electron chi connectivity index (χ1n) is 7.59. The van der Waals surface area contributed by atoms with E-state index in [-0.39, 0.29) is 11.3 Å². The Morgan fingerprint density at radius 3 is 2.43 bits per heavy atom. The Labute approximate surface area is 135 Å². The van der Waals surface area contributed by atoms with Crippen LogP contribution >= 0.6 is 0 Å². The van der Waals surface area contributed by atoms with E-state index in [0.717, 1.165) is 6.42 Å². The Hall–Kier alpha value is -2.69. The van der Waals surface area contributed by atoms with Crippen molar-refractivity contribution in [1.82, 2.24) is 0 Å². The summed E-state index contributed by atoms with van der Waals surface area (Å²) < 4.78 is 0. The number of aryl methyl sites for hydroxylation is 1. The molecule has 0 aliphatic rings. The summed E-state index contributed by atoms with van der Waals surface area (Å²) in [6.07, 6.45) is 1.04. The van der Waals surface area contributed by atoms with Crippen molar-refractivity contribution in [1.29, 1.82) is 0 Å². The Kier molecular flexibility index (Phi) is 5.11. The molecule has 0 unspecified atom stereocenters. The van der Waals surface area contributed by atoms with Gasteiger partial charge in [0.15, 0.2) is 0 Å². The summed E-state index contributed by atoms with van der Waals surface area (Å²) in [4.78, 5) is 23.0. The van der Waals surface area contributed by atoms with Crippen molar-refractivity contribution in [3.05, 3.63) is 69.3 Å². The predicted molar refractivity (Wildman–Crippen MR) is 90.9 cm³/mol. The van der Waals surface area contributed by atoms with Crippen LogP contribution < -0.4 is 5.32 Å². The topological polar surface area (TPSA) is 72.2 Å². The summed E-state index contributed by atoms with van der Waals surface area (Å²) in [5, 5.41) is 13.9. The van der Waals surface area contributed by atoms with Crippen LogP contribution in [0, 0.1) is 17.0 Å². The molecular weight excluding hydrogens is 292 g/mol. The van der Waals surface area contributed by atoms with E-state index in [0.29, 0.717) is 17.2 Å². The molecule has 0 radical (unpaired) electrons. The second kappa shape index (κ2) is 7.05. The number of nitrogens with zero attached hydrogens (tertiary/aromatic N) is 1. The molecular formula is C18H20N2O3. The van der Waals surface area contributed by atoms with Gasteiger partial charge < -0.3 is 5.32 Å². The number of nitrogens with one attached hydrogen (secondary N) is 1. The molecule has 23 heavy (non-hydrogen) atoms. The SMILES string of the molecule is CC[C@@H](C)c1ccc(NC(=O)c2cccc(C)c2[N+](=O)[O-])cc1. The first-order valence-corrected chi connectivity index (χ1v) is 7.59. The smallest absolute Gasteiger partial charge is 0.285 e. The van der Waals surface area contributed by atoms with E-state index < -0.39 is 10.8 Å². The number of para-hydroxylation sites is 1. The van der Waals surface area contributed by atoms with E-state index in [1.165, 1.54) is 11.6 Å². The predicted octanol–water partition coefficient (Wildman–Crippen LogP) is 4.67. The third kappa shape index (κ3) is 3.74. The molecule has 0 heterocycles. The quantitative estimate of drug-likeness (QED) is 0.644. The lowest BCUT2D eigenvalue weighted by atomic mass is 9.98. The monoisotopic (exact) mass is 312 g/mol. The van der Waals surface area contributed by atoms with Gasteiger partial charge in [0, 0.05) is 11.3 Å². The molecule has 0 aliphatic carbocycles. The van der Waals surface area contributed by atoms with Gasteiger partial charge in [-0.25, -0.2) is 0 Å². The van der Waals surface area contributed by atoms with Gasteiger partial charge in [0.1, 0.15) is 5.56 Å². The van der Waals surface area contributed by atoms with Crippen molar-refractivity contribution in [2.24, 2.45) is 0 Å². The van der Waals surface area contributed by atoms with E-state index in [1.54, 1.807) is 19.1 Å². The number of amides is 1. The maximum Gasteiger partial charge on any atom is 0.285 e. The van der Waals surface area contributed by atoms with Gasteiger partial charge >= 0.3 is 0 Å². The fourth-order valence-corrected chi connectivity index (χ4v) is 2.41. The van der Waals surface area contributed by atoms with Gasteiger partial charge in [0.05, 0.1) is 4.92 Å². The number of hydrogen-bond donors (Lipinski definition) is 1. The molecule has 5 nitrogen and oxygen atoms in total. The molecule has 2 aromatic rings. The number of nitro benzene ring substituents is 1. The minimum atomic E-state index is -0.518. The zero-order valence-corrected chi connectivity index (χ0v) is 13.5. The molecule has 0 fully saturated rings. The highest BCUT2D eigenvalue weighted by atomic mass is 16.6. The van der Waals surface area contributed by atoms with Gasteiger partial charge in [-0.15, -0.1) is 0 Å². The number of nitro groups is 1. The van der Waals surface area contributed by atoms with Gasteiger partial charge in [-0.2, -0.15) is 0 Å². The molecule has 0 bridgehead atoms. The standard InChI is InChI=1S/C18H20N2O3/c1-4-12(2)14-8-10-15(11-9-14)19-18(21)16-7-5-6-13(3)17(16)20(22)23/h5-12H,4H2,1-3H3,(H,19,21)/t12-/m1/s1. The van der Waals surface area contributed by atoms with Crippen molar-refractivity contribution in [2.75, 3.05) is 5.32 Å². The number of anilines is 1. The molecule has 0 aliphatic heterocycles. The lowest BCUT2D eigenvalue weighted by Gasteiger charge is -2.11. The highest BCUT2D eigenvalue weighted by molar-refractivity contribution is 6.07. The molecule has 0 saturated heterocycles. The molecule has 1 amide bonds. The zero-order chi connectivity index (χ0) is 17.0. The minimum Gasteiger partial charge on any atom is -0.322 e. The molecule has 1 atom stereocenters. The van der Waals surface area contributed by atoms with Crippen LogP contribution in [-0.4, -0.2) is 10.8 Å². The molecule has 1 N–H and O–H groups in total. The average Bonchev–Trinajstić information content (AvgIpc) is 2.54. The summed E-state index contributed by atoms with van der Waals surface area (Å²) in [5.41, 5.74) is 2.21. The van der Waals surface area contributed by atoms with Crippen LogP contribution in [0.5, 0.6) is 0 Å². The maximum atomic E-state index is 12.4. The van der Waals surface area contributed by atoms with Gasteiger partial charge in [0.25, 0.3) is 11.6 Å². The summed E-state index contributed by atoms with van der Waals surface area (Å²) in [6.45, 7) is 5.89. The van der Waals surface area contributed by atoms with E-state index in [1.807, 2.05) is 24.3 Å². The van der Waals surface area contributed by atoms with Crippen molar-refractivity contribution in [2.45, 2.75) is 33.1 Å². The Morgan fingerprint density at radius 2 is 1.87 bits per heavy atom. The highest BCUT2D eigenvalue weighted by Crippen LogP contribution is 2.25. The van der Waals surface area contributed by atoms with E-state index in [9.17, 15) is 14.9 Å². The Balaban J connectivity index is 2.23. The summed E-state index contributed by atoms with van der Waals surface area (Å²) in [7, 11) is 0. The number of carbonyl (C=O) groups is 1. The van der Waals surface area contributed by atoms with Crippen LogP contribution in [-0.2, 0) is 0 Å². The van der Waals surface area contributed by atoms with Gasteiger partial charge in [-0.3, -0.25) is 14.9 Å². The van der Waals surface area contributed by atoms with Crippen molar-refractivity contribution in [3.63, 3.8) is 0 Å². The van der Waals surface area contributed by atoms with Crippen LogP contribution in [0.15, 0.2) is 42.5 Å². The fraction of sp³-hybridized carbons (Fsp3) is 0.278. The van der Waals surface area contributed by atoms with Crippen LogP contribution in [0.2, 0.25) is 0 Å². The number of hydrogen-bond acceptors (Lipinski definition) is 3. The summed E-state index contributed by atoms with van der Waals surface area (Å²) in [6, 6.07) is 12.3. The molecule has 0 spiro atoms. The van der Waals surface area contributed by atoms with Crippen LogP contribution in [0.3, 0.4) is 0 Å². The van der Waals surface area contributed by atoms with Crippen LogP contribution in [0.1, 0.15) is 47.7 Å². The third-order valence-electron chi connectivity index (χ3n) is 4.01. The van der Waals surface area contributed by atoms with Gasteiger partial charge in [-0.05, 0) is 43.0 Å². The fourth-order valence-electron chi connectivity index (χ4n) is 2.41. The maximum absolute atomic E-state index is 12.4. The number of rotatable bonds is 5. The van der Waals surface area contributed by atoms with Crippen LogP contribution in [0.4, 0.5) is 11.4 Å². The average molecular weight is 312 g/mol. The first kappa shape index (κ1) is 16.7. The lowest BCUT2D eigenvalue weighted by molar-refractivity contribution is -0.385. The molecule has 0 aromatic heterocycles. The molecule has 2 rings (SSSR count). The van der Waals surface area contributed by atoms with E-state index in [4.69, 9.17) is 0 Å². The number of benzene rings is 2. The molecule has 0 saturated carbocycles. The van der Waals surface area contributed by atoms with Crippen LogP contribution in [0.25, 0.3) is 0 Å². The largest absolute Gasteiger partial charge is 0.322 e. The minimum absolute atomic E-state index is 0.0704. The summed E-state index contributed by atoms with van der Waals surface area (Å²) in [5.74, 6) is -0.0192. The number of carbonyl (C=O) groups excluding carboxylic acids is 1. The zero-order valence-electron chi connectivity index (χ0n) is 13.5. The van der Waals surface area contributed by atoms with Gasteiger partial charge in [-0.1, -0.05) is 38.1 Å². The second-order valence-corrected chi connectivity index (χ2v) is 5.61.